The minimum Gasteiger partial charge on any atom is -0.462 e. The zero-order chi connectivity index (χ0) is 51.4. The second kappa shape index (κ2) is 59.4. The lowest BCUT2D eigenvalue weighted by molar-refractivity contribution is -0.167. The molecular weight excluding hydrogens is 877 g/mol. The lowest BCUT2D eigenvalue weighted by atomic mass is 10.1. The van der Waals surface area contributed by atoms with Crippen LogP contribution < -0.4 is 0 Å². The molecule has 0 fully saturated rings. The van der Waals surface area contributed by atoms with Gasteiger partial charge in [-0.2, -0.15) is 0 Å². The van der Waals surface area contributed by atoms with Gasteiger partial charge in [-0.05, 0) is 109 Å². The first-order chi connectivity index (χ1) is 35.0. The van der Waals surface area contributed by atoms with E-state index in [1.807, 2.05) is 0 Å². The smallest absolute Gasteiger partial charge is 0.306 e. The van der Waals surface area contributed by atoms with E-state index in [9.17, 15) is 14.4 Å². The van der Waals surface area contributed by atoms with Crippen molar-refractivity contribution in [2.45, 2.75) is 309 Å². The monoisotopic (exact) mass is 991 g/mol. The molecule has 0 aliphatic carbocycles. The summed E-state index contributed by atoms with van der Waals surface area (Å²) in [5, 5.41) is 0. The number of carbonyl (C=O) groups excluding carboxylic acids is 3. The van der Waals surface area contributed by atoms with Crippen molar-refractivity contribution >= 4 is 17.9 Å². The first-order valence-electron chi connectivity index (χ1n) is 30.4. The molecule has 1 unspecified atom stereocenters. The maximum atomic E-state index is 12.9. The van der Waals surface area contributed by atoms with Crippen LogP contribution in [0.2, 0.25) is 0 Å². The average molecular weight is 992 g/mol. The van der Waals surface area contributed by atoms with Crippen LogP contribution in [0.25, 0.3) is 0 Å². The molecule has 0 bridgehead atoms. The van der Waals surface area contributed by atoms with Crippen molar-refractivity contribution in [2.75, 3.05) is 13.2 Å². The average Bonchev–Trinajstić information content (AvgIpc) is 3.37. The van der Waals surface area contributed by atoms with E-state index >= 15 is 0 Å². The fourth-order valence-electron chi connectivity index (χ4n) is 8.60. The fourth-order valence-corrected chi connectivity index (χ4v) is 8.60. The molecule has 0 aliphatic rings. The molecule has 0 aromatic carbocycles. The normalized spacial score (nSPS) is 12.5. The van der Waals surface area contributed by atoms with Crippen molar-refractivity contribution in [1.82, 2.24) is 0 Å². The number of carbonyl (C=O) groups is 3. The summed E-state index contributed by atoms with van der Waals surface area (Å²) >= 11 is 0. The van der Waals surface area contributed by atoms with Crippen LogP contribution in [0.3, 0.4) is 0 Å². The van der Waals surface area contributed by atoms with Crippen LogP contribution in [0, 0.1) is 0 Å². The number of rotatable bonds is 55. The first-order valence-corrected chi connectivity index (χ1v) is 30.4. The summed E-state index contributed by atoms with van der Waals surface area (Å²) in [6.07, 6.45) is 76.1. The molecule has 1 atom stereocenters. The number of esters is 3. The van der Waals surface area contributed by atoms with Crippen molar-refractivity contribution in [2.24, 2.45) is 0 Å². The van der Waals surface area contributed by atoms with E-state index in [-0.39, 0.29) is 31.1 Å². The fraction of sp³-hybridized carbons (Fsp3) is 0.769. The van der Waals surface area contributed by atoms with Gasteiger partial charge in [0.05, 0.1) is 0 Å². The Labute approximate surface area is 440 Å². The minimum absolute atomic E-state index is 0.0818. The van der Waals surface area contributed by atoms with Gasteiger partial charge in [-0.15, -0.1) is 0 Å². The molecule has 0 saturated heterocycles. The number of ether oxygens (including phenoxy) is 3. The second-order valence-corrected chi connectivity index (χ2v) is 20.2. The standard InChI is InChI=1S/C65H114O6/c1-4-7-10-13-16-19-22-25-27-29-31-32-34-35-37-40-43-46-49-52-55-58-64(67)70-61-62(60-69-63(66)57-54-51-48-45-42-39-24-21-18-15-12-9-6-3)71-65(68)59-56-53-50-47-44-41-38-36-33-30-28-26-23-20-17-14-11-8-5-2/h7,10,16,19,21,24-28,31-32,62H,4-6,8-9,11-15,17-18,20,22-23,29-30,33-61H2,1-3H3/b10-7-,19-16-,24-21-,27-25-,28-26-,32-31-. The Hall–Kier alpha value is -3.15. The summed E-state index contributed by atoms with van der Waals surface area (Å²) in [6.45, 7) is 6.52. The van der Waals surface area contributed by atoms with Gasteiger partial charge < -0.3 is 14.2 Å². The largest absolute Gasteiger partial charge is 0.462 e. The van der Waals surface area contributed by atoms with Gasteiger partial charge in [0, 0.05) is 19.3 Å². The van der Waals surface area contributed by atoms with Crippen molar-refractivity contribution < 1.29 is 28.6 Å². The molecule has 6 nitrogen and oxygen atoms in total. The van der Waals surface area contributed by atoms with Crippen LogP contribution in [0.1, 0.15) is 303 Å². The van der Waals surface area contributed by atoms with Gasteiger partial charge in [0.25, 0.3) is 0 Å². The summed E-state index contributed by atoms with van der Waals surface area (Å²) in [6, 6.07) is 0. The maximum absolute atomic E-state index is 12.9. The molecule has 0 aromatic rings. The highest BCUT2D eigenvalue weighted by Gasteiger charge is 2.19. The van der Waals surface area contributed by atoms with E-state index < -0.39 is 6.10 Å². The lowest BCUT2D eigenvalue weighted by Crippen LogP contribution is -2.30. The van der Waals surface area contributed by atoms with E-state index in [2.05, 4.69) is 93.7 Å². The predicted molar refractivity (Wildman–Crippen MR) is 307 cm³/mol. The Balaban J connectivity index is 4.36. The summed E-state index contributed by atoms with van der Waals surface area (Å²) < 4.78 is 16.9. The highest BCUT2D eigenvalue weighted by molar-refractivity contribution is 5.71. The summed E-state index contributed by atoms with van der Waals surface area (Å²) in [5.41, 5.74) is 0. The van der Waals surface area contributed by atoms with Crippen molar-refractivity contribution in [3.05, 3.63) is 72.9 Å². The highest BCUT2D eigenvalue weighted by Crippen LogP contribution is 2.16. The van der Waals surface area contributed by atoms with Crippen LogP contribution >= 0.6 is 0 Å². The summed E-state index contributed by atoms with van der Waals surface area (Å²) in [7, 11) is 0. The molecule has 0 aliphatic heterocycles. The molecule has 0 saturated carbocycles. The molecular formula is C65H114O6. The van der Waals surface area contributed by atoms with Gasteiger partial charge in [-0.3, -0.25) is 14.4 Å². The summed E-state index contributed by atoms with van der Waals surface area (Å²) in [5.74, 6) is -0.889. The third-order valence-electron chi connectivity index (χ3n) is 13.2. The van der Waals surface area contributed by atoms with E-state index in [1.165, 1.54) is 167 Å². The van der Waals surface area contributed by atoms with E-state index in [4.69, 9.17) is 14.2 Å². The molecule has 410 valence electrons. The predicted octanol–water partition coefficient (Wildman–Crippen LogP) is 20.5. The number of hydrogen-bond acceptors (Lipinski definition) is 6. The van der Waals surface area contributed by atoms with Crippen LogP contribution in [0.4, 0.5) is 0 Å². The molecule has 0 rings (SSSR count). The molecule has 0 amide bonds. The third-order valence-corrected chi connectivity index (χ3v) is 13.2. The van der Waals surface area contributed by atoms with Gasteiger partial charge >= 0.3 is 17.9 Å². The summed E-state index contributed by atoms with van der Waals surface area (Å²) in [4.78, 5) is 38.2. The van der Waals surface area contributed by atoms with Gasteiger partial charge in [0.2, 0.25) is 0 Å². The Morgan fingerprint density at radius 1 is 0.296 bits per heavy atom. The molecule has 0 heterocycles. The lowest BCUT2D eigenvalue weighted by Gasteiger charge is -2.18. The van der Waals surface area contributed by atoms with E-state index in [1.54, 1.807) is 0 Å². The zero-order valence-corrected chi connectivity index (χ0v) is 47.0. The van der Waals surface area contributed by atoms with Crippen LogP contribution in [0.5, 0.6) is 0 Å². The maximum Gasteiger partial charge on any atom is 0.306 e. The highest BCUT2D eigenvalue weighted by atomic mass is 16.6. The minimum atomic E-state index is -0.784. The van der Waals surface area contributed by atoms with E-state index in [0.717, 1.165) is 96.3 Å². The van der Waals surface area contributed by atoms with Crippen molar-refractivity contribution in [3.8, 4) is 0 Å². The molecule has 0 spiro atoms. The third kappa shape index (κ3) is 57.6. The Kier molecular flexibility index (Phi) is 56.8. The van der Waals surface area contributed by atoms with Crippen LogP contribution in [0.15, 0.2) is 72.9 Å². The molecule has 0 N–H and O–H groups in total. The Morgan fingerprint density at radius 3 is 0.887 bits per heavy atom. The van der Waals surface area contributed by atoms with Gasteiger partial charge in [-0.25, -0.2) is 0 Å². The number of allylic oxidation sites excluding steroid dienone is 12. The Morgan fingerprint density at radius 2 is 0.549 bits per heavy atom. The van der Waals surface area contributed by atoms with Gasteiger partial charge in [0.1, 0.15) is 13.2 Å². The van der Waals surface area contributed by atoms with Crippen LogP contribution in [-0.2, 0) is 28.6 Å². The topological polar surface area (TPSA) is 78.9 Å². The Bertz CT molecular complexity index is 1320. The van der Waals surface area contributed by atoms with Crippen molar-refractivity contribution in [1.29, 1.82) is 0 Å². The first kappa shape index (κ1) is 67.8. The van der Waals surface area contributed by atoms with Crippen molar-refractivity contribution in [3.63, 3.8) is 0 Å². The molecule has 71 heavy (non-hydrogen) atoms. The number of unbranched alkanes of at least 4 members (excludes halogenated alkanes) is 32. The van der Waals surface area contributed by atoms with Gasteiger partial charge in [0.15, 0.2) is 6.10 Å². The van der Waals surface area contributed by atoms with Gasteiger partial charge in [-0.1, -0.05) is 248 Å². The van der Waals surface area contributed by atoms with Crippen LogP contribution in [-0.4, -0.2) is 37.2 Å². The quantitative estimate of drug-likeness (QED) is 0.0261. The second-order valence-electron chi connectivity index (χ2n) is 20.2. The SMILES string of the molecule is CC/C=C\C/C=C\C/C=C\C/C=C\CCCCCCCCCCC(=O)OCC(COC(=O)CCCCCCC/C=C\CCCCCC)OC(=O)CCCCCCCCCCC/C=C\CCCCCCCC. The molecule has 0 radical (unpaired) electrons. The molecule has 6 heteroatoms. The zero-order valence-electron chi connectivity index (χ0n) is 47.0. The number of hydrogen-bond donors (Lipinski definition) is 0. The van der Waals surface area contributed by atoms with E-state index in [0.29, 0.717) is 19.3 Å². The molecule has 0 aromatic heterocycles.